The first-order chi connectivity index (χ1) is 27.7. The molecule has 0 unspecified atom stereocenters. The summed E-state index contributed by atoms with van der Waals surface area (Å²) in [6, 6.07) is 0. The van der Waals surface area contributed by atoms with Crippen LogP contribution in [0.25, 0.3) is 0 Å². The molecule has 0 spiro atoms. The molecule has 1 amide bonds. The SMILES string of the molecule is CO[C@H]1/C=C/O[C@@]2(C)Oc3c(C)c(O)c4c(c3C2=O)C(=O)C(/C=N\N2CCN(C)CC2)=C(NC(=O)/C(C)=C\C=C\[C@H](C)[C@H](O)[C@@H](C)[C@@H](O)[C@@H](C)[C@H](OC(C)=O)[C@@H]1C)C4=O. The maximum Gasteiger partial charge on any atom is 0.312 e. The Morgan fingerprint density at radius 3 is 2.24 bits per heavy atom. The molecule has 5 bridgehead atoms. The quantitative estimate of drug-likeness (QED) is 0.254. The number of ketones is 3. The number of likely N-dealkylation sites (N-methyl/N-ethyl adjacent to an activating group) is 1. The second kappa shape index (κ2) is 18.0. The molecule has 1 aliphatic carbocycles. The van der Waals surface area contributed by atoms with Crippen molar-refractivity contribution in [3.63, 3.8) is 0 Å². The second-order valence-electron chi connectivity index (χ2n) is 16.1. The number of nitrogens with one attached hydrogen (secondary N) is 1. The average Bonchev–Trinajstić information content (AvgIpc) is 3.46. The van der Waals surface area contributed by atoms with Gasteiger partial charge in [0.05, 0.1) is 53.1 Å². The van der Waals surface area contributed by atoms with Crippen molar-refractivity contribution in [1.82, 2.24) is 15.2 Å². The van der Waals surface area contributed by atoms with Gasteiger partial charge in [0.1, 0.15) is 23.3 Å². The first-order valence-electron chi connectivity index (χ1n) is 19.7. The maximum atomic E-state index is 14.6. The first-order valence-corrected chi connectivity index (χ1v) is 19.7. The van der Waals surface area contributed by atoms with Crippen LogP contribution in [0.5, 0.6) is 11.5 Å². The zero-order valence-corrected chi connectivity index (χ0v) is 35.3. The number of fused-ring (bicyclic) bond motifs is 14. The zero-order chi connectivity index (χ0) is 43.7. The molecule has 0 aromatic heterocycles. The monoisotopic (exact) mass is 820 g/mol. The Morgan fingerprint density at radius 1 is 0.949 bits per heavy atom. The fourth-order valence-corrected chi connectivity index (χ4v) is 7.89. The third-order valence-corrected chi connectivity index (χ3v) is 11.8. The molecular formula is C43H56N4O12. The fourth-order valence-electron chi connectivity index (χ4n) is 7.89. The number of hydrazone groups is 1. The van der Waals surface area contributed by atoms with Gasteiger partial charge in [-0.3, -0.25) is 29.0 Å². The summed E-state index contributed by atoms with van der Waals surface area (Å²) in [5.41, 5.74) is -1.82. The Morgan fingerprint density at radius 2 is 1.61 bits per heavy atom. The van der Waals surface area contributed by atoms with E-state index in [-0.39, 0.29) is 28.0 Å². The number of benzene rings is 1. The molecule has 1 aromatic rings. The molecule has 1 aromatic carbocycles. The lowest BCUT2D eigenvalue weighted by Crippen LogP contribution is -2.46. The van der Waals surface area contributed by atoms with E-state index in [9.17, 15) is 39.3 Å². The van der Waals surface area contributed by atoms with Crippen molar-refractivity contribution in [2.45, 2.75) is 85.6 Å². The van der Waals surface area contributed by atoms with Crippen LogP contribution in [0.3, 0.4) is 0 Å². The van der Waals surface area contributed by atoms with Crippen LogP contribution in [0.4, 0.5) is 0 Å². The summed E-state index contributed by atoms with van der Waals surface area (Å²) in [6.07, 6.45) is 4.56. The van der Waals surface area contributed by atoms with Crippen molar-refractivity contribution in [2.75, 3.05) is 40.3 Å². The first kappa shape index (κ1) is 44.9. The van der Waals surface area contributed by atoms with Gasteiger partial charge >= 0.3 is 11.8 Å². The number of rotatable bonds is 4. The van der Waals surface area contributed by atoms with E-state index in [1.807, 2.05) is 7.05 Å². The number of carbonyl (C=O) groups is 5. The summed E-state index contributed by atoms with van der Waals surface area (Å²) < 4.78 is 23.5. The highest BCUT2D eigenvalue weighted by molar-refractivity contribution is 6.37. The molecule has 4 N–H and O–H groups in total. The number of amides is 1. The Bertz CT molecular complexity index is 2030. The molecule has 1 fully saturated rings. The highest BCUT2D eigenvalue weighted by Crippen LogP contribution is 2.48. The summed E-state index contributed by atoms with van der Waals surface area (Å²) in [5, 5.41) is 43.1. The van der Waals surface area contributed by atoms with Gasteiger partial charge in [-0.25, -0.2) is 0 Å². The molecule has 59 heavy (non-hydrogen) atoms. The van der Waals surface area contributed by atoms with E-state index >= 15 is 0 Å². The molecule has 9 atom stereocenters. The third kappa shape index (κ3) is 8.91. The summed E-state index contributed by atoms with van der Waals surface area (Å²) in [5.74, 6) is -9.34. The zero-order valence-electron chi connectivity index (χ0n) is 35.3. The number of phenols is 1. The summed E-state index contributed by atoms with van der Waals surface area (Å²) in [6.45, 7) is 14.8. The average molecular weight is 821 g/mol. The third-order valence-electron chi connectivity index (χ3n) is 11.8. The van der Waals surface area contributed by atoms with Gasteiger partial charge in [-0.05, 0) is 27.0 Å². The number of Topliss-reactive ketones (excluding diaryl/α,β-unsaturated/α-hetero) is 3. The van der Waals surface area contributed by atoms with Gasteiger partial charge in [-0.15, -0.1) is 0 Å². The van der Waals surface area contributed by atoms with Crippen LogP contribution < -0.4 is 10.1 Å². The van der Waals surface area contributed by atoms with Crippen LogP contribution in [0.15, 0.2) is 52.5 Å². The van der Waals surface area contributed by atoms with E-state index in [1.165, 1.54) is 59.4 Å². The lowest BCUT2D eigenvalue weighted by atomic mass is 9.78. The number of aliphatic hydroxyl groups is 2. The molecular weight excluding hydrogens is 764 g/mol. The lowest BCUT2D eigenvalue weighted by molar-refractivity contribution is -0.160. The van der Waals surface area contributed by atoms with Gasteiger partial charge in [-0.1, -0.05) is 45.9 Å². The summed E-state index contributed by atoms with van der Waals surface area (Å²) in [4.78, 5) is 71.6. The fraction of sp³-hybridized carbons (Fsp3) is 0.535. The minimum absolute atomic E-state index is 0.0118. The number of aromatic hydroxyl groups is 1. The number of piperazine rings is 1. The Kier molecular flexibility index (Phi) is 13.7. The number of hydrogen-bond acceptors (Lipinski definition) is 15. The van der Waals surface area contributed by atoms with Crippen LogP contribution in [0.2, 0.25) is 0 Å². The standard InChI is InChI=1S/C43H56N4O12/c1-21-12-11-13-22(2)42(55)45-33-28(20-44-47-17-15-46(9)16-18-47)37(52)30-31(38(33)53)36(51)26(6)40-32(30)41(54)43(8,59-40)57-19-14-29(56-10)23(3)39(58-27(7)48)25(5)35(50)24(4)34(21)49/h11-14,19-21,23-25,29,34-35,39,49-51H,15-18H2,1-10H3,(H,45,55)/b12-11+,19-14+,22-13-,44-20-/t21-,23+,24+,25+,29-,34-,35+,39+,43-/m0/s1. The van der Waals surface area contributed by atoms with Crippen LogP contribution >= 0.6 is 0 Å². The number of allylic oxidation sites excluding steroid dienone is 4. The van der Waals surface area contributed by atoms with Gasteiger partial charge in [0.15, 0.2) is 5.78 Å². The number of carbonyl (C=O) groups excluding carboxylic acids is 5. The van der Waals surface area contributed by atoms with Gasteiger partial charge in [0.2, 0.25) is 5.78 Å². The highest BCUT2D eigenvalue weighted by Gasteiger charge is 2.52. The highest BCUT2D eigenvalue weighted by atomic mass is 16.7. The van der Waals surface area contributed by atoms with Crippen molar-refractivity contribution in [3.05, 3.63) is 69.7 Å². The van der Waals surface area contributed by atoms with Gasteiger partial charge < -0.3 is 44.5 Å². The number of nitrogens with zero attached hydrogens (tertiary/aromatic N) is 3. The Labute approximate surface area is 344 Å². The van der Waals surface area contributed by atoms with E-state index in [2.05, 4.69) is 15.3 Å². The molecule has 1 saturated heterocycles. The molecule has 4 aliphatic heterocycles. The van der Waals surface area contributed by atoms with Crippen molar-refractivity contribution in [1.29, 1.82) is 0 Å². The number of hydrogen-bond donors (Lipinski definition) is 4. The van der Waals surface area contributed by atoms with Crippen molar-refractivity contribution < 1.29 is 58.2 Å². The minimum Gasteiger partial charge on any atom is -0.507 e. The number of methoxy groups -OCH3 is 1. The van der Waals surface area contributed by atoms with Crippen LogP contribution in [-0.2, 0) is 23.8 Å². The largest absolute Gasteiger partial charge is 0.507 e. The van der Waals surface area contributed by atoms with E-state index in [1.54, 1.807) is 44.9 Å². The summed E-state index contributed by atoms with van der Waals surface area (Å²) >= 11 is 0. The predicted molar refractivity (Wildman–Crippen MR) is 216 cm³/mol. The Hall–Kier alpha value is -5.16. The van der Waals surface area contributed by atoms with Gasteiger partial charge in [0, 0.05) is 81.9 Å². The van der Waals surface area contributed by atoms with E-state index in [0.717, 1.165) is 0 Å². The van der Waals surface area contributed by atoms with E-state index in [4.69, 9.17) is 18.9 Å². The Balaban J connectivity index is 1.66. The van der Waals surface area contributed by atoms with Crippen molar-refractivity contribution in [3.8, 4) is 11.5 Å². The number of phenolic OH excluding ortho intramolecular Hbond substituents is 1. The number of esters is 1. The van der Waals surface area contributed by atoms with Crippen LogP contribution in [0.1, 0.15) is 85.1 Å². The number of ether oxygens (including phenoxy) is 4. The normalized spacial score (nSPS) is 33.3. The van der Waals surface area contributed by atoms with Crippen molar-refractivity contribution in [2.24, 2.45) is 28.8 Å². The van der Waals surface area contributed by atoms with Crippen molar-refractivity contribution >= 4 is 35.4 Å². The van der Waals surface area contributed by atoms with Gasteiger partial charge in [0.25, 0.3) is 11.7 Å². The van der Waals surface area contributed by atoms with E-state index in [0.29, 0.717) is 26.2 Å². The molecule has 6 rings (SSSR count). The maximum absolute atomic E-state index is 14.6. The predicted octanol–water partition coefficient (Wildman–Crippen LogP) is 3.23. The topological polar surface area (TPSA) is 214 Å². The molecule has 16 heteroatoms. The molecule has 320 valence electrons. The second-order valence-corrected chi connectivity index (χ2v) is 16.1. The number of aliphatic hydroxyl groups excluding tert-OH is 2. The van der Waals surface area contributed by atoms with Crippen LogP contribution in [-0.4, -0.2) is 131 Å². The van der Waals surface area contributed by atoms with Crippen LogP contribution in [0, 0.1) is 30.6 Å². The molecule has 4 heterocycles. The molecule has 5 aliphatic rings. The van der Waals surface area contributed by atoms with E-state index < -0.39 is 106 Å². The molecule has 16 nitrogen and oxygen atoms in total. The lowest BCUT2D eigenvalue weighted by Gasteiger charge is -2.38. The smallest absolute Gasteiger partial charge is 0.312 e. The minimum atomic E-state index is -2.09. The molecule has 0 radical (unpaired) electrons. The van der Waals surface area contributed by atoms with Gasteiger partial charge in [-0.2, -0.15) is 5.10 Å². The molecule has 0 saturated carbocycles. The summed E-state index contributed by atoms with van der Waals surface area (Å²) in [7, 11) is 3.39.